The van der Waals surface area contributed by atoms with E-state index in [4.69, 9.17) is 0 Å². The summed E-state index contributed by atoms with van der Waals surface area (Å²) in [6, 6.07) is 0.424. The summed E-state index contributed by atoms with van der Waals surface area (Å²) in [6.45, 7) is 7.01. The van der Waals surface area contributed by atoms with Gasteiger partial charge in [0.15, 0.2) is 0 Å². The average molecular weight is 221 g/mol. The van der Waals surface area contributed by atoms with Gasteiger partial charge in [0.05, 0.1) is 12.0 Å². The molecule has 1 aromatic rings. The molecule has 0 aliphatic rings. The van der Waals surface area contributed by atoms with Crippen molar-refractivity contribution >= 4 is 0 Å². The van der Waals surface area contributed by atoms with Gasteiger partial charge in [-0.15, -0.1) is 6.58 Å². The van der Waals surface area contributed by atoms with E-state index in [1.807, 2.05) is 18.6 Å². The standard InChI is InChI=1S/C13H23N3/c1-4-6-7-8-12(15-9-5-2)13-10-14-11-16(13)3/h4,10-12,15H,1,5-9H2,2-3H3. The minimum atomic E-state index is 0.424. The first kappa shape index (κ1) is 13.0. The van der Waals surface area contributed by atoms with Crippen molar-refractivity contribution in [1.29, 1.82) is 0 Å². The summed E-state index contributed by atoms with van der Waals surface area (Å²) in [7, 11) is 2.05. The predicted octanol–water partition coefficient (Wildman–Crippen LogP) is 2.82. The lowest BCUT2D eigenvalue weighted by Gasteiger charge is -2.18. The van der Waals surface area contributed by atoms with Gasteiger partial charge >= 0.3 is 0 Å². The van der Waals surface area contributed by atoms with Crippen LogP contribution in [0.15, 0.2) is 25.2 Å². The summed E-state index contributed by atoms with van der Waals surface area (Å²) in [4.78, 5) is 4.18. The number of rotatable bonds is 8. The lowest BCUT2D eigenvalue weighted by Crippen LogP contribution is -2.23. The largest absolute Gasteiger partial charge is 0.336 e. The van der Waals surface area contributed by atoms with Crippen LogP contribution in [-0.4, -0.2) is 16.1 Å². The third kappa shape index (κ3) is 3.81. The van der Waals surface area contributed by atoms with Gasteiger partial charge in [-0.1, -0.05) is 13.0 Å². The number of nitrogens with one attached hydrogen (secondary N) is 1. The van der Waals surface area contributed by atoms with Gasteiger partial charge in [0.1, 0.15) is 0 Å². The van der Waals surface area contributed by atoms with Crippen LogP contribution in [-0.2, 0) is 7.05 Å². The molecule has 1 heterocycles. The van der Waals surface area contributed by atoms with Crippen molar-refractivity contribution in [3.63, 3.8) is 0 Å². The second-order valence-electron chi connectivity index (χ2n) is 4.16. The minimum Gasteiger partial charge on any atom is -0.336 e. The van der Waals surface area contributed by atoms with Crippen LogP contribution >= 0.6 is 0 Å². The molecule has 0 bridgehead atoms. The van der Waals surface area contributed by atoms with E-state index in [1.165, 1.54) is 12.1 Å². The second-order valence-corrected chi connectivity index (χ2v) is 4.16. The van der Waals surface area contributed by atoms with Gasteiger partial charge in [-0.05, 0) is 32.2 Å². The van der Waals surface area contributed by atoms with E-state index >= 15 is 0 Å². The number of hydrogen-bond acceptors (Lipinski definition) is 2. The van der Waals surface area contributed by atoms with Gasteiger partial charge in [0.2, 0.25) is 0 Å². The molecule has 3 heteroatoms. The Bertz CT molecular complexity index is 304. The fourth-order valence-corrected chi connectivity index (χ4v) is 1.84. The van der Waals surface area contributed by atoms with Crippen molar-refractivity contribution in [1.82, 2.24) is 14.9 Å². The first-order valence-corrected chi connectivity index (χ1v) is 6.10. The van der Waals surface area contributed by atoms with Crippen LogP contribution in [0.2, 0.25) is 0 Å². The fraction of sp³-hybridized carbons (Fsp3) is 0.615. The first-order valence-electron chi connectivity index (χ1n) is 6.10. The minimum absolute atomic E-state index is 0.424. The number of allylic oxidation sites excluding steroid dienone is 1. The molecule has 1 unspecified atom stereocenters. The zero-order valence-electron chi connectivity index (χ0n) is 10.4. The van der Waals surface area contributed by atoms with Crippen molar-refractivity contribution in [3.05, 3.63) is 30.9 Å². The second kappa shape index (κ2) is 7.23. The monoisotopic (exact) mass is 221 g/mol. The normalized spacial score (nSPS) is 12.6. The van der Waals surface area contributed by atoms with Crippen LogP contribution in [0.5, 0.6) is 0 Å². The molecule has 0 fully saturated rings. The molecule has 0 amide bonds. The van der Waals surface area contributed by atoms with E-state index in [0.29, 0.717) is 6.04 Å². The zero-order chi connectivity index (χ0) is 11.8. The number of nitrogens with zero attached hydrogens (tertiary/aromatic N) is 2. The maximum atomic E-state index is 4.18. The molecule has 16 heavy (non-hydrogen) atoms. The SMILES string of the molecule is C=CCCCC(NCCC)c1cncn1C. The number of hydrogen-bond donors (Lipinski definition) is 1. The third-order valence-electron chi connectivity index (χ3n) is 2.75. The van der Waals surface area contributed by atoms with Crippen LogP contribution in [0.4, 0.5) is 0 Å². The molecule has 3 nitrogen and oxygen atoms in total. The van der Waals surface area contributed by atoms with Gasteiger partial charge in [-0.2, -0.15) is 0 Å². The molecule has 1 aromatic heterocycles. The van der Waals surface area contributed by atoms with E-state index in [0.717, 1.165) is 25.8 Å². The Morgan fingerprint density at radius 2 is 2.44 bits per heavy atom. The molecule has 0 aliphatic heterocycles. The lowest BCUT2D eigenvalue weighted by atomic mass is 10.1. The molecular weight excluding hydrogens is 198 g/mol. The molecule has 0 saturated carbocycles. The maximum absolute atomic E-state index is 4.18. The molecule has 0 aliphatic carbocycles. The van der Waals surface area contributed by atoms with Crippen molar-refractivity contribution in [2.75, 3.05) is 6.54 Å². The molecule has 1 atom stereocenters. The van der Waals surface area contributed by atoms with Crippen LogP contribution < -0.4 is 5.32 Å². The summed E-state index contributed by atoms with van der Waals surface area (Å²) in [5.41, 5.74) is 1.28. The van der Waals surface area contributed by atoms with E-state index < -0.39 is 0 Å². The highest BCUT2D eigenvalue weighted by molar-refractivity contribution is 5.04. The summed E-state index contributed by atoms with van der Waals surface area (Å²) in [6.07, 6.45) is 10.4. The van der Waals surface area contributed by atoms with Crippen molar-refractivity contribution in [2.45, 2.75) is 38.6 Å². The number of unbranched alkanes of at least 4 members (excludes halogenated alkanes) is 1. The zero-order valence-corrected chi connectivity index (χ0v) is 10.4. The summed E-state index contributed by atoms with van der Waals surface area (Å²) in [5.74, 6) is 0. The van der Waals surface area contributed by atoms with E-state index in [9.17, 15) is 0 Å². The fourth-order valence-electron chi connectivity index (χ4n) is 1.84. The predicted molar refractivity (Wildman–Crippen MR) is 68.3 cm³/mol. The van der Waals surface area contributed by atoms with Crippen molar-refractivity contribution in [2.24, 2.45) is 7.05 Å². The Morgan fingerprint density at radius 3 is 3.00 bits per heavy atom. The quantitative estimate of drug-likeness (QED) is 0.540. The molecule has 0 saturated heterocycles. The van der Waals surface area contributed by atoms with Crippen molar-refractivity contribution in [3.8, 4) is 0 Å². The number of aromatic nitrogens is 2. The van der Waals surface area contributed by atoms with Gasteiger partial charge in [0, 0.05) is 19.3 Å². The lowest BCUT2D eigenvalue weighted by molar-refractivity contribution is 0.465. The molecule has 0 spiro atoms. The van der Waals surface area contributed by atoms with Crippen molar-refractivity contribution < 1.29 is 0 Å². The molecule has 90 valence electrons. The van der Waals surface area contributed by atoms with Gasteiger partial charge < -0.3 is 9.88 Å². The summed E-state index contributed by atoms with van der Waals surface area (Å²) >= 11 is 0. The smallest absolute Gasteiger partial charge is 0.0946 e. The Labute approximate surface area is 98.6 Å². The van der Waals surface area contributed by atoms with Gasteiger partial charge in [-0.25, -0.2) is 4.98 Å². The van der Waals surface area contributed by atoms with E-state index in [-0.39, 0.29) is 0 Å². The van der Waals surface area contributed by atoms with Crippen LogP contribution in [0.3, 0.4) is 0 Å². The molecular formula is C13H23N3. The Morgan fingerprint density at radius 1 is 1.62 bits per heavy atom. The highest BCUT2D eigenvalue weighted by atomic mass is 15.1. The molecule has 1 N–H and O–H groups in total. The third-order valence-corrected chi connectivity index (χ3v) is 2.75. The van der Waals surface area contributed by atoms with Gasteiger partial charge in [-0.3, -0.25) is 0 Å². The molecule has 1 rings (SSSR count). The Kier molecular flexibility index (Phi) is 5.86. The van der Waals surface area contributed by atoms with E-state index in [1.54, 1.807) is 0 Å². The summed E-state index contributed by atoms with van der Waals surface area (Å²) < 4.78 is 2.10. The van der Waals surface area contributed by atoms with E-state index in [2.05, 4.69) is 35.4 Å². The number of aryl methyl sites for hydroxylation is 1. The first-order chi connectivity index (χ1) is 7.79. The molecule has 0 radical (unpaired) electrons. The topological polar surface area (TPSA) is 29.9 Å². The number of imidazole rings is 1. The Balaban J connectivity index is 2.56. The van der Waals surface area contributed by atoms with Crippen LogP contribution in [0, 0.1) is 0 Å². The van der Waals surface area contributed by atoms with Gasteiger partial charge in [0.25, 0.3) is 0 Å². The highest BCUT2D eigenvalue weighted by Gasteiger charge is 2.12. The Hall–Kier alpha value is -1.09. The molecule has 0 aromatic carbocycles. The summed E-state index contributed by atoms with van der Waals surface area (Å²) in [5, 5.41) is 3.58. The maximum Gasteiger partial charge on any atom is 0.0946 e. The van der Waals surface area contributed by atoms with Crippen LogP contribution in [0.1, 0.15) is 44.3 Å². The average Bonchev–Trinajstić information content (AvgIpc) is 2.70. The highest BCUT2D eigenvalue weighted by Crippen LogP contribution is 2.18. The van der Waals surface area contributed by atoms with Crippen LogP contribution in [0.25, 0.3) is 0 Å².